The van der Waals surface area contributed by atoms with Crippen molar-refractivity contribution in [3.05, 3.63) is 182 Å². The highest BCUT2D eigenvalue weighted by atomic mass is 35.5. The van der Waals surface area contributed by atoms with E-state index in [0.717, 1.165) is 118 Å². The molecule has 6 N–H and O–H groups in total. The predicted molar refractivity (Wildman–Crippen MR) is 473 cm³/mol. The monoisotopic (exact) mass is 1630 g/mol. The molecular formula is C84H104Cl2N14O6S5. The van der Waals surface area contributed by atoms with Crippen molar-refractivity contribution in [3.63, 3.8) is 0 Å². The summed E-state index contributed by atoms with van der Waals surface area (Å²) in [5, 5.41) is 25.9. The van der Waals surface area contributed by atoms with Crippen LogP contribution in [0.15, 0.2) is 117 Å². The lowest BCUT2D eigenvalue weighted by Crippen LogP contribution is -2.09. The van der Waals surface area contributed by atoms with E-state index >= 15 is 0 Å². The molecule has 8 heterocycles. The van der Waals surface area contributed by atoms with Crippen molar-refractivity contribution in [1.29, 1.82) is 0 Å². The number of halogens is 2. The van der Waals surface area contributed by atoms with Gasteiger partial charge < -0.3 is 50.4 Å². The summed E-state index contributed by atoms with van der Waals surface area (Å²) in [6, 6.07) is 29.1. The third-order valence-electron chi connectivity index (χ3n) is 14.9. The molecule has 590 valence electrons. The molecular weight excluding hydrogens is 1530 g/mol. The lowest BCUT2D eigenvalue weighted by molar-refractivity contribution is 0.245. The number of thiazole rings is 4. The summed E-state index contributed by atoms with van der Waals surface area (Å²) < 4.78 is 35.9. The van der Waals surface area contributed by atoms with E-state index in [0.29, 0.717) is 97.2 Å². The van der Waals surface area contributed by atoms with Crippen LogP contribution in [0.5, 0.6) is 11.5 Å². The molecule has 0 aliphatic carbocycles. The molecule has 0 unspecified atom stereocenters. The van der Waals surface area contributed by atoms with E-state index in [4.69, 9.17) is 55.8 Å². The number of rotatable bonds is 23. The van der Waals surface area contributed by atoms with E-state index in [-0.39, 0.29) is 34.9 Å². The van der Waals surface area contributed by atoms with Crippen molar-refractivity contribution in [2.24, 2.45) is 11.8 Å². The number of benzene rings is 4. The van der Waals surface area contributed by atoms with E-state index < -0.39 is 9.84 Å². The maximum atomic E-state index is 12.4. The molecule has 4 aromatic carbocycles. The molecule has 0 saturated carbocycles. The van der Waals surface area contributed by atoms with Crippen LogP contribution in [0.3, 0.4) is 0 Å². The molecule has 0 spiro atoms. The van der Waals surface area contributed by atoms with E-state index in [1.807, 2.05) is 143 Å². The molecule has 0 aliphatic heterocycles. The predicted octanol–water partition coefficient (Wildman–Crippen LogP) is 22.7. The van der Waals surface area contributed by atoms with Gasteiger partial charge in [0, 0.05) is 105 Å². The Morgan fingerprint density at radius 1 is 0.495 bits per heavy atom. The van der Waals surface area contributed by atoms with Crippen molar-refractivity contribution >= 4 is 143 Å². The fourth-order valence-electron chi connectivity index (χ4n) is 10.6. The fraction of sp³-hybridized carbons (Fsp3) is 0.405. The van der Waals surface area contributed by atoms with Gasteiger partial charge in [-0.05, 0) is 173 Å². The first-order valence-corrected chi connectivity index (χ1v) is 43.4. The summed E-state index contributed by atoms with van der Waals surface area (Å²) in [4.78, 5) is 66.0. The number of aryl methyl sites for hydroxylation is 2. The molecule has 111 heavy (non-hydrogen) atoms. The minimum Gasteiger partial charge on any atom is -0.490 e. The zero-order chi connectivity index (χ0) is 81.6. The maximum absolute atomic E-state index is 12.4. The largest absolute Gasteiger partial charge is 0.490 e. The standard InChI is InChI=1S/C21H23ClN4OS.C20H25N3O3S2.C19H20N4OS.C16H16ClN3OS.2C4H10/c1-12(2)24-21-26-17(11-28-21)16-10-18(27-13(3)4)15-7-6-14(8-9-23-5)19(22)20(15)25-16;1-12(2)21-20-23-18(10-27-20)17-9-19(26-13(3)4)15-7-6-14(8-16(15)22-17)11-28(5,24)25;1-12(2)21-19-23-17(11-25-19)16-10-18(24)14-7-6-13(5-4-8-20-3)9-15(14)22-16;1-8(2)18-16-20-14(15(17)22-16)12-7-13(21)10-5-4-9(3)6-11(10)19-12;2*1-4(2)3/h6-7,10-13H,8-9H2,1-4H3,(H,24,26);6-10,12-13H,11H2,1-5H3,(H,21,23);6-7,9-12H,4-5,8H2,1-2H3,(H,21,23)(H,22,24);4-8H,1-3H3,(H,18,20)(H,19,21);2*4H,1-3H3. The first kappa shape index (κ1) is 89.2. The highest BCUT2D eigenvalue weighted by molar-refractivity contribution is 7.89. The number of pyridine rings is 4. The first-order chi connectivity index (χ1) is 52.4. The van der Waals surface area contributed by atoms with Gasteiger partial charge in [-0.2, -0.15) is 0 Å². The van der Waals surface area contributed by atoms with Gasteiger partial charge >= 0.3 is 0 Å². The lowest BCUT2D eigenvalue weighted by Gasteiger charge is -2.15. The summed E-state index contributed by atoms with van der Waals surface area (Å²) in [6.07, 6.45) is 3.52. The maximum Gasteiger partial charge on any atom is 0.218 e. The lowest BCUT2D eigenvalue weighted by atomic mass is 10.1. The van der Waals surface area contributed by atoms with Gasteiger partial charge in [0.05, 0.1) is 73.5 Å². The number of anilines is 4. The van der Waals surface area contributed by atoms with Crippen LogP contribution in [0.4, 0.5) is 20.5 Å². The number of aromatic amines is 2. The van der Waals surface area contributed by atoms with Crippen LogP contribution < -0.4 is 41.6 Å². The zero-order valence-corrected chi connectivity index (χ0v) is 72.7. The summed E-state index contributed by atoms with van der Waals surface area (Å²) >= 11 is 18.9. The van der Waals surface area contributed by atoms with Gasteiger partial charge in [-0.3, -0.25) is 9.59 Å². The second-order valence-corrected chi connectivity index (χ2v) is 36.5. The van der Waals surface area contributed by atoms with Crippen LogP contribution >= 0.6 is 68.5 Å². The average Bonchev–Trinajstić information content (AvgIpc) is 1.65. The van der Waals surface area contributed by atoms with Crippen molar-refractivity contribution < 1.29 is 17.9 Å². The van der Waals surface area contributed by atoms with Gasteiger partial charge in [-0.1, -0.05) is 100 Å². The van der Waals surface area contributed by atoms with E-state index in [9.17, 15) is 18.0 Å². The number of hydrogen-bond acceptors (Lipinski definition) is 20. The Bertz CT molecular complexity index is 5400. The Labute approximate surface area is 679 Å². The molecule has 0 bridgehead atoms. The highest BCUT2D eigenvalue weighted by Crippen LogP contribution is 2.39. The third-order valence-corrected chi connectivity index (χ3v) is 19.6. The van der Waals surface area contributed by atoms with Crippen molar-refractivity contribution in [2.45, 2.75) is 193 Å². The number of fused-ring (bicyclic) bond motifs is 4. The Balaban J connectivity index is 0.000000199. The smallest absolute Gasteiger partial charge is 0.218 e. The molecule has 0 saturated heterocycles. The SMILES string of the molecule is CC(C)C.CC(C)C.CC(C)Nc1nc(-c2cc(OC(C)C)c3ccc(CS(C)(=O)=O)cc3n2)cs1.Cc1ccc2c(=O)cc(-c3nc(NC(C)C)sc3Cl)[nH]c2c1.[C-]#[N+]CCCc1ccc2c(=O)cc(-c3csc(NC(C)C)n3)[nH]c2c1.[C-]#[N+]CCc1ccc2c(OC(C)C)cc(-c3csc(NC(C)C)n3)nc2c1Cl. The number of nitrogens with zero attached hydrogens (tertiary/aromatic N) is 8. The minimum absolute atomic E-state index is 0.00255. The van der Waals surface area contributed by atoms with E-state index in [1.54, 1.807) is 23.5 Å². The molecule has 20 nitrogen and oxygen atoms in total. The van der Waals surface area contributed by atoms with Crippen LogP contribution in [-0.2, 0) is 28.4 Å². The molecule has 0 radical (unpaired) electrons. The molecule has 27 heteroatoms. The van der Waals surface area contributed by atoms with Gasteiger partial charge in [0.25, 0.3) is 0 Å². The zero-order valence-electron chi connectivity index (χ0n) is 67.1. The Kier molecular flexibility index (Phi) is 33.7. The number of hydrogen-bond donors (Lipinski definition) is 6. The van der Waals surface area contributed by atoms with Crippen molar-refractivity contribution in [2.75, 3.05) is 40.6 Å². The van der Waals surface area contributed by atoms with Gasteiger partial charge in [0.2, 0.25) is 13.1 Å². The van der Waals surface area contributed by atoms with Gasteiger partial charge in [-0.15, -0.1) is 34.0 Å². The summed E-state index contributed by atoms with van der Waals surface area (Å²) in [5.74, 6) is 3.10. The Morgan fingerprint density at radius 2 is 0.955 bits per heavy atom. The quantitative estimate of drug-likeness (QED) is 0.0257. The fourth-order valence-corrected chi connectivity index (χ4v) is 15.4. The topological polar surface area (TPSA) is 252 Å². The molecule has 0 amide bonds. The number of aromatic nitrogens is 8. The van der Waals surface area contributed by atoms with Gasteiger partial charge in [0.1, 0.15) is 32.9 Å². The summed E-state index contributed by atoms with van der Waals surface area (Å²) in [6.45, 7) is 54.2. The number of ether oxygens (including phenoxy) is 2. The molecule has 0 aliphatic rings. The second kappa shape index (κ2) is 42.0. The summed E-state index contributed by atoms with van der Waals surface area (Å²) in [7, 11) is -3.12. The molecule has 8 aromatic heterocycles. The van der Waals surface area contributed by atoms with E-state index in [1.165, 1.54) is 40.3 Å². The highest BCUT2D eigenvalue weighted by Gasteiger charge is 2.21. The minimum atomic E-state index is -3.12. The molecule has 12 aromatic rings. The average molecular weight is 1640 g/mol. The van der Waals surface area contributed by atoms with Gasteiger partial charge in [0.15, 0.2) is 41.2 Å². The Hall–Kier alpha value is -9.05. The van der Waals surface area contributed by atoms with Gasteiger partial charge in [-0.25, -0.2) is 51.5 Å². The molecule has 0 atom stereocenters. The molecule has 0 fully saturated rings. The van der Waals surface area contributed by atoms with Crippen LogP contribution in [0.2, 0.25) is 9.36 Å². The first-order valence-electron chi connectivity index (χ1n) is 37.1. The molecule has 12 rings (SSSR count). The number of nitrogens with one attached hydrogen (secondary N) is 6. The van der Waals surface area contributed by atoms with Crippen LogP contribution in [0, 0.1) is 31.9 Å². The normalized spacial score (nSPS) is 11.2. The van der Waals surface area contributed by atoms with Crippen LogP contribution in [0.25, 0.3) is 98.9 Å². The number of H-pyrrole nitrogens is 2. The number of sulfone groups is 1. The third kappa shape index (κ3) is 28.0. The van der Waals surface area contributed by atoms with E-state index in [2.05, 4.69) is 144 Å². The van der Waals surface area contributed by atoms with Crippen molar-refractivity contribution in [1.82, 2.24) is 39.9 Å². The van der Waals surface area contributed by atoms with Crippen LogP contribution in [0.1, 0.15) is 153 Å². The van der Waals surface area contributed by atoms with Crippen LogP contribution in [-0.4, -0.2) is 104 Å². The Morgan fingerprint density at radius 3 is 1.49 bits per heavy atom. The summed E-state index contributed by atoms with van der Waals surface area (Å²) in [5.41, 5.74) is 12.5. The second-order valence-electron chi connectivity index (χ2n) is 29.8. The van der Waals surface area contributed by atoms with Crippen molar-refractivity contribution in [3.8, 4) is 57.1 Å².